The van der Waals surface area contributed by atoms with Gasteiger partial charge in [0.1, 0.15) is 17.0 Å². The third-order valence-corrected chi connectivity index (χ3v) is 6.71. The second-order valence-electron chi connectivity index (χ2n) is 9.67. The molecule has 41 heavy (non-hydrogen) atoms. The largest absolute Gasteiger partial charge is 0.352 e. The number of hydrogen-bond acceptors (Lipinski definition) is 7. The first-order valence-electron chi connectivity index (χ1n) is 13.5. The Hall–Kier alpha value is -4.45. The quantitative estimate of drug-likeness (QED) is 0.0981. The lowest BCUT2D eigenvalue weighted by Crippen LogP contribution is -2.22. The minimum Gasteiger partial charge on any atom is -0.352 e. The molecule has 2 amide bonds. The van der Waals surface area contributed by atoms with Crippen LogP contribution in [-0.4, -0.2) is 36.5 Å². The maximum absolute atomic E-state index is 14.8. The molecule has 4 rings (SSSR count). The number of benzene rings is 2. The van der Waals surface area contributed by atoms with Crippen LogP contribution in [0.25, 0.3) is 22.3 Å². The summed E-state index contributed by atoms with van der Waals surface area (Å²) in [6.45, 7) is 4.69. The number of unbranched alkanes of at least 4 members (excludes halogenated alkanes) is 3. The van der Waals surface area contributed by atoms with E-state index in [0.29, 0.717) is 43.0 Å². The molecule has 0 aliphatic heterocycles. The summed E-state index contributed by atoms with van der Waals surface area (Å²) < 4.78 is 31.4. The highest BCUT2D eigenvalue weighted by atomic mass is 19.1. The zero-order chi connectivity index (χ0) is 29.4. The molecular weight excluding hydrogens is 532 g/mol. The Morgan fingerprint density at radius 3 is 2.34 bits per heavy atom. The zero-order valence-electron chi connectivity index (χ0n) is 23.0. The lowest BCUT2D eigenvalue weighted by Gasteiger charge is -2.10. The van der Waals surface area contributed by atoms with Crippen molar-refractivity contribution in [1.29, 1.82) is 0 Å². The van der Waals surface area contributed by atoms with E-state index < -0.39 is 17.5 Å². The van der Waals surface area contributed by atoms with Gasteiger partial charge in [0.2, 0.25) is 17.8 Å². The van der Waals surface area contributed by atoms with E-state index in [1.54, 1.807) is 30.6 Å². The Balaban J connectivity index is 1.33. The van der Waals surface area contributed by atoms with Crippen LogP contribution in [0.5, 0.6) is 0 Å². The molecule has 10 nitrogen and oxygen atoms in total. The van der Waals surface area contributed by atoms with Gasteiger partial charge in [-0.15, -0.1) is 0 Å². The summed E-state index contributed by atoms with van der Waals surface area (Å²) in [4.78, 5) is 35.7. The van der Waals surface area contributed by atoms with E-state index in [1.807, 2.05) is 23.6 Å². The Labute approximate surface area is 236 Å². The minimum absolute atomic E-state index is 0.0280. The SMILES string of the molecule is CCn1c(C)nc2c(F)cc(-c3nc(Nc4ccc(CNC(=O)CCCCCCC(=O)NO)cc4)ncc3F)cc21. The predicted molar refractivity (Wildman–Crippen MR) is 150 cm³/mol. The molecule has 0 bridgehead atoms. The van der Waals surface area contributed by atoms with Crippen LogP contribution in [0.1, 0.15) is 56.8 Å². The van der Waals surface area contributed by atoms with Gasteiger partial charge in [-0.25, -0.2) is 29.2 Å². The molecular formula is C29H33F2N7O3. The number of hydrogen-bond donors (Lipinski definition) is 4. The second kappa shape index (κ2) is 13.8. The highest BCUT2D eigenvalue weighted by Gasteiger charge is 2.17. The molecule has 216 valence electrons. The summed E-state index contributed by atoms with van der Waals surface area (Å²) in [7, 11) is 0. The predicted octanol–water partition coefficient (Wildman–Crippen LogP) is 5.31. The lowest BCUT2D eigenvalue weighted by molar-refractivity contribution is -0.129. The van der Waals surface area contributed by atoms with Gasteiger partial charge >= 0.3 is 0 Å². The van der Waals surface area contributed by atoms with E-state index in [0.717, 1.165) is 31.0 Å². The van der Waals surface area contributed by atoms with E-state index in [-0.39, 0.29) is 35.1 Å². The number of anilines is 2. The third-order valence-electron chi connectivity index (χ3n) is 6.71. The number of aryl methyl sites for hydroxylation is 2. The number of aromatic nitrogens is 4. The molecule has 0 unspecified atom stereocenters. The maximum atomic E-state index is 14.8. The first kappa shape index (κ1) is 29.5. The van der Waals surface area contributed by atoms with Crippen LogP contribution in [0.4, 0.5) is 20.4 Å². The molecule has 2 aromatic carbocycles. The molecule has 0 fully saturated rings. The van der Waals surface area contributed by atoms with Crippen LogP contribution in [-0.2, 0) is 22.7 Å². The van der Waals surface area contributed by atoms with Crippen LogP contribution in [0.3, 0.4) is 0 Å². The summed E-state index contributed by atoms with van der Waals surface area (Å²) >= 11 is 0. The third kappa shape index (κ3) is 7.60. The van der Waals surface area contributed by atoms with E-state index in [9.17, 15) is 18.4 Å². The van der Waals surface area contributed by atoms with Crippen molar-refractivity contribution in [2.45, 2.75) is 65.5 Å². The molecule has 0 aliphatic carbocycles. The number of hydroxylamine groups is 1. The van der Waals surface area contributed by atoms with Gasteiger partial charge in [0.25, 0.3) is 0 Å². The van der Waals surface area contributed by atoms with Gasteiger partial charge in [-0.05, 0) is 56.5 Å². The van der Waals surface area contributed by atoms with Crippen molar-refractivity contribution in [1.82, 2.24) is 30.3 Å². The highest BCUT2D eigenvalue weighted by Crippen LogP contribution is 2.29. The van der Waals surface area contributed by atoms with Crippen LogP contribution in [0.15, 0.2) is 42.6 Å². The fraction of sp³-hybridized carbons (Fsp3) is 0.345. The molecule has 12 heteroatoms. The average Bonchev–Trinajstić information content (AvgIpc) is 3.30. The molecule has 0 aliphatic rings. The second-order valence-corrected chi connectivity index (χ2v) is 9.67. The number of rotatable bonds is 13. The van der Waals surface area contributed by atoms with E-state index in [4.69, 9.17) is 5.21 Å². The summed E-state index contributed by atoms with van der Waals surface area (Å²) in [5.74, 6) is -0.855. The average molecular weight is 566 g/mol. The van der Waals surface area contributed by atoms with E-state index in [2.05, 4.69) is 25.6 Å². The highest BCUT2D eigenvalue weighted by molar-refractivity contribution is 5.83. The Morgan fingerprint density at radius 2 is 1.66 bits per heavy atom. The minimum atomic E-state index is -0.672. The summed E-state index contributed by atoms with van der Waals surface area (Å²) in [5, 5.41) is 14.4. The first-order valence-corrected chi connectivity index (χ1v) is 13.5. The van der Waals surface area contributed by atoms with Crippen LogP contribution in [0.2, 0.25) is 0 Å². The van der Waals surface area contributed by atoms with Gasteiger partial charge in [-0.2, -0.15) is 0 Å². The number of carbonyl (C=O) groups is 2. The smallest absolute Gasteiger partial charge is 0.243 e. The molecule has 4 N–H and O–H groups in total. The molecule has 2 aromatic heterocycles. The number of halogens is 2. The molecule has 0 spiro atoms. The number of nitrogens with one attached hydrogen (secondary N) is 3. The molecule has 0 radical (unpaired) electrons. The summed E-state index contributed by atoms with van der Waals surface area (Å²) in [5.41, 5.74) is 4.22. The normalized spacial score (nSPS) is 11.0. The Morgan fingerprint density at radius 1 is 0.951 bits per heavy atom. The van der Waals surface area contributed by atoms with Crippen LogP contribution in [0, 0.1) is 18.6 Å². The maximum Gasteiger partial charge on any atom is 0.243 e. The summed E-state index contributed by atoms with van der Waals surface area (Å²) in [6, 6.07) is 10.2. The molecule has 0 atom stereocenters. The van der Waals surface area contributed by atoms with Gasteiger partial charge < -0.3 is 15.2 Å². The van der Waals surface area contributed by atoms with Gasteiger partial charge in [0.15, 0.2) is 11.6 Å². The lowest BCUT2D eigenvalue weighted by atomic mass is 10.1. The van der Waals surface area contributed by atoms with Crippen molar-refractivity contribution in [3.8, 4) is 11.3 Å². The number of amides is 2. The van der Waals surface area contributed by atoms with Gasteiger partial charge in [-0.3, -0.25) is 14.8 Å². The fourth-order valence-corrected chi connectivity index (χ4v) is 4.57. The monoisotopic (exact) mass is 565 g/mol. The van der Waals surface area contributed by atoms with Crippen molar-refractivity contribution in [3.63, 3.8) is 0 Å². The van der Waals surface area contributed by atoms with Crippen molar-refractivity contribution in [2.24, 2.45) is 0 Å². The van der Waals surface area contributed by atoms with Crippen molar-refractivity contribution in [2.75, 3.05) is 5.32 Å². The van der Waals surface area contributed by atoms with E-state index >= 15 is 0 Å². The number of carbonyl (C=O) groups excluding carboxylic acids is 2. The van der Waals surface area contributed by atoms with Crippen molar-refractivity contribution < 1.29 is 23.6 Å². The number of fused-ring (bicyclic) bond motifs is 1. The summed E-state index contributed by atoms with van der Waals surface area (Å²) in [6.07, 6.45) is 4.73. The molecule has 0 saturated carbocycles. The number of nitrogens with zero attached hydrogens (tertiary/aromatic N) is 4. The van der Waals surface area contributed by atoms with Crippen molar-refractivity contribution >= 4 is 34.5 Å². The van der Waals surface area contributed by atoms with Crippen molar-refractivity contribution in [3.05, 3.63) is 65.6 Å². The Bertz CT molecular complexity index is 1520. The zero-order valence-corrected chi connectivity index (χ0v) is 23.0. The molecule has 2 heterocycles. The van der Waals surface area contributed by atoms with Gasteiger partial charge in [0.05, 0.1) is 11.7 Å². The standard InChI is InChI=1S/C29H33F2N7O3/c1-3-38-18(2)34-28-22(30)14-20(15-24(28)38)27-23(31)17-33-29(36-27)35-21-12-10-19(11-13-21)16-32-25(39)8-6-4-5-7-9-26(40)37-41/h10-15,17,41H,3-9,16H2,1-2H3,(H,32,39)(H,37,40)(H,33,35,36). The van der Waals surface area contributed by atoms with E-state index in [1.165, 1.54) is 6.07 Å². The fourth-order valence-electron chi connectivity index (χ4n) is 4.57. The van der Waals surface area contributed by atoms with Crippen LogP contribution >= 0.6 is 0 Å². The van der Waals surface area contributed by atoms with Crippen LogP contribution < -0.4 is 16.1 Å². The Kier molecular flexibility index (Phi) is 9.91. The molecule has 0 saturated heterocycles. The number of imidazole rings is 1. The van der Waals surface area contributed by atoms with Gasteiger partial charge in [-0.1, -0.05) is 25.0 Å². The molecule has 4 aromatic rings. The van der Waals surface area contributed by atoms with Gasteiger partial charge in [0, 0.05) is 37.2 Å². The topological polar surface area (TPSA) is 134 Å². The first-order chi connectivity index (χ1) is 19.8.